The molecular formula is C20H20N2O4. The van der Waals surface area contributed by atoms with E-state index in [1.807, 2.05) is 6.07 Å². The Morgan fingerprint density at radius 3 is 2.23 bits per heavy atom. The molecule has 134 valence electrons. The first-order valence-electron chi connectivity index (χ1n) is 7.98. The SMILES string of the molecule is COC(=O)C(NC(=O)/C=C/c1ccc(NC(C)=O)cc1)c1ccccc1. The van der Waals surface area contributed by atoms with Crippen LogP contribution in [-0.4, -0.2) is 24.9 Å². The smallest absolute Gasteiger partial charge is 0.333 e. The summed E-state index contributed by atoms with van der Waals surface area (Å²) in [5.41, 5.74) is 2.10. The predicted molar refractivity (Wildman–Crippen MR) is 99.1 cm³/mol. The molecule has 26 heavy (non-hydrogen) atoms. The second-order valence-corrected chi connectivity index (χ2v) is 5.51. The first-order valence-corrected chi connectivity index (χ1v) is 7.98. The Hall–Kier alpha value is -3.41. The van der Waals surface area contributed by atoms with Gasteiger partial charge in [0.2, 0.25) is 11.8 Å². The topological polar surface area (TPSA) is 84.5 Å². The van der Waals surface area contributed by atoms with Crippen molar-refractivity contribution in [2.45, 2.75) is 13.0 Å². The minimum absolute atomic E-state index is 0.151. The lowest BCUT2D eigenvalue weighted by molar-refractivity contribution is -0.144. The minimum Gasteiger partial charge on any atom is -0.467 e. The van der Waals surface area contributed by atoms with E-state index in [1.54, 1.807) is 54.6 Å². The van der Waals surface area contributed by atoms with Crippen molar-refractivity contribution in [3.05, 3.63) is 71.8 Å². The van der Waals surface area contributed by atoms with Gasteiger partial charge < -0.3 is 15.4 Å². The van der Waals surface area contributed by atoms with E-state index < -0.39 is 17.9 Å². The van der Waals surface area contributed by atoms with Gasteiger partial charge in [-0.15, -0.1) is 0 Å². The van der Waals surface area contributed by atoms with Gasteiger partial charge in [0.05, 0.1) is 7.11 Å². The molecule has 0 aliphatic heterocycles. The third-order valence-electron chi connectivity index (χ3n) is 3.51. The van der Waals surface area contributed by atoms with Gasteiger partial charge >= 0.3 is 5.97 Å². The summed E-state index contributed by atoms with van der Waals surface area (Å²) < 4.78 is 4.76. The van der Waals surface area contributed by atoms with E-state index in [0.29, 0.717) is 11.3 Å². The molecule has 0 fully saturated rings. The summed E-state index contributed by atoms with van der Waals surface area (Å²) in [4.78, 5) is 35.1. The van der Waals surface area contributed by atoms with E-state index in [2.05, 4.69) is 10.6 Å². The average Bonchev–Trinajstić information content (AvgIpc) is 2.65. The Labute approximate surface area is 151 Å². The normalized spacial score (nSPS) is 11.6. The highest BCUT2D eigenvalue weighted by Crippen LogP contribution is 2.15. The van der Waals surface area contributed by atoms with Crippen LogP contribution in [0.25, 0.3) is 6.08 Å². The van der Waals surface area contributed by atoms with Gasteiger partial charge in [0, 0.05) is 18.7 Å². The third-order valence-corrected chi connectivity index (χ3v) is 3.51. The number of hydrogen-bond acceptors (Lipinski definition) is 4. The number of amides is 2. The van der Waals surface area contributed by atoms with Crippen LogP contribution in [0.1, 0.15) is 24.1 Å². The van der Waals surface area contributed by atoms with Crippen molar-refractivity contribution in [2.24, 2.45) is 0 Å². The van der Waals surface area contributed by atoms with Crippen LogP contribution in [0.5, 0.6) is 0 Å². The summed E-state index contributed by atoms with van der Waals surface area (Å²) in [6.07, 6.45) is 2.96. The highest BCUT2D eigenvalue weighted by molar-refractivity contribution is 5.95. The number of rotatable bonds is 6. The lowest BCUT2D eigenvalue weighted by Crippen LogP contribution is -2.33. The van der Waals surface area contributed by atoms with Crippen molar-refractivity contribution in [1.29, 1.82) is 0 Å². The van der Waals surface area contributed by atoms with Gasteiger partial charge in [-0.3, -0.25) is 9.59 Å². The summed E-state index contributed by atoms with van der Waals surface area (Å²) in [5.74, 6) is -1.12. The quantitative estimate of drug-likeness (QED) is 0.618. The van der Waals surface area contributed by atoms with Gasteiger partial charge in [0.15, 0.2) is 6.04 Å². The van der Waals surface area contributed by atoms with E-state index in [9.17, 15) is 14.4 Å². The number of esters is 1. The molecule has 0 radical (unpaired) electrons. The van der Waals surface area contributed by atoms with Gasteiger partial charge in [0.1, 0.15) is 0 Å². The Balaban J connectivity index is 2.04. The van der Waals surface area contributed by atoms with Crippen molar-refractivity contribution >= 4 is 29.5 Å². The summed E-state index contributed by atoms with van der Waals surface area (Å²) in [6, 6.07) is 15.0. The first kappa shape index (κ1) is 18.9. The highest BCUT2D eigenvalue weighted by atomic mass is 16.5. The van der Waals surface area contributed by atoms with Crippen molar-refractivity contribution in [3.8, 4) is 0 Å². The third kappa shape index (κ3) is 5.59. The fourth-order valence-corrected chi connectivity index (χ4v) is 2.28. The van der Waals surface area contributed by atoms with Gasteiger partial charge in [-0.1, -0.05) is 42.5 Å². The molecule has 6 nitrogen and oxygen atoms in total. The Morgan fingerprint density at radius 1 is 1.00 bits per heavy atom. The van der Waals surface area contributed by atoms with Crippen LogP contribution in [-0.2, 0) is 19.1 Å². The fraction of sp³-hybridized carbons (Fsp3) is 0.150. The lowest BCUT2D eigenvalue weighted by atomic mass is 10.1. The summed E-state index contributed by atoms with van der Waals surface area (Å²) >= 11 is 0. The number of hydrogen-bond donors (Lipinski definition) is 2. The second-order valence-electron chi connectivity index (χ2n) is 5.51. The number of nitrogens with one attached hydrogen (secondary N) is 2. The Morgan fingerprint density at radius 2 is 1.65 bits per heavy atom. The van der Waals surface area contributed by atoms with Crippen LogP contribution >= 0.6 is 0 Å². The fourth-order valence-electron chi connectivity index (χ4n) is 2.28. The molecule has 0 saturated carbocycles. The predicted octanol–water partition coefficient (Wildman–Crippen LogP) is 2.69. The van der Waals surface area contributed by atoms with Crippen molar-refractivity contribution in [2.75, 3.05) is 12.4 Å². The molecule has 2 N–H and O–H groups in total. The summed E-state index contributed by atoms with van der Waals surface area (Å²) in [7, 11) is 1.27. The maximum atomic E-state index is 12.2. The monoisotopic (exact) mass is 352 g/mol. The van der Waals surface area contributed by atoms with Gasteiger partial charge in [-0.05, 0) is 29.3 Å². The van der Waals surface area contributed by atoms with Gasteiger partial charge in [0.25, 0.3) is 0 Å². The second kappa shape index (κ2) is 9.17. The van der Waals surface area contributed by atoms with E-state index in [4.69, 9.17) is 4.74 Å². The van der Waals surface area contributed by atoms with E-state index in [0.717, 1.165) is 5.56 Å². The first-order chi connectivity index (χ1) is 12.5. The zero-order valence-corrected chi connectivity index (χ0v) is 14.6. The van der Waals surface area contributed by atoms with Crippen LogP contribution in [0.15, 0.2) is 60.7 Å². The molecule has 0 spiro atoms. The molecule has 0 aromatic heterocycles. The Bertz CT molecular complexity index is 798. The Kier molecular flexibility index (Phi) is 6.68. The minimum atomic E-state index is -0.875. The van der Waals surface area contributed by atoms with Gasteiger partial charge in [-0.25, -0.2) is 4.79 Å². The number of carbonyl (C=O) groups is 3. The molecule has 0 aliphatic rings. The molecule has 0 heterocycles. The number of benzene rings is 2. The highest BCUT2D eigenvalue weighted by Gasteiger charge is 2.22. The molecule has 6 heteroatoms. The molecule has 2 aromatic carbocycles. The van der Waals surface area contributed by atoms with E-state index in [1.165, 1.54) is 20.1 Å². The van der Waals surface area contributed by atoms with Crippen LogP contribution in [0, 0.1) is 0 Å². The zero-order valence-electron chi connectivity index (χ0n) is 14.6. The largest absolute Gasteiger partial charge is 0.467 e. The van der Waals surface area contributed by atoms with Crippen LogP contribution < -0.4 is 10.6 Å². The standard InChI is InChI=1S/C20H20N2O4/c1-14(23)21-17-11-8-15(9-12-17)10-13-18(24)22-19(20(25)26-2)16-6-4-3-5-7-16/h3-13,19H,1-2H3,(H,21,23)(H,22,24)/b13-10+. The molecule has 2 aromatic rings. The molecule has 1 atom stereocenters. The summed E-state index contributed by atoms with van der Waals surface area (Å²) in [5, 5.41) is 5.30. The summed E-state index contributed by atoms with van der Waals surface area (Å²) in [6.45, 7) is 1.43. The number of anilines is 1. The number of carbonyl (C=O) groups excluding carboxylic acids is 3. The number of ether oxygens (including phenoxy) is 1. The van der Waals surface area contributed by atoms with Crippen LogP contribution in [0.2, 0.25) is 0 Å². The van der Waals surface area contributed by atoms with E-state index in [-0.39, 0.29) is 5.91 Å². The maximum absolute atomic E-state index is 12.2. The van der Waals surface area contributed by atoms with Crippen LogP contribution in [0.3, 0.4) is 0 Å². The molecule has 2 amide bonds. The average molecular weight is 352 g/mol. The van der Waals surface area contributed by atoms with Crippen LogP contribution in [0.4, 0.5) is 5.69 Å². The molecule has 0 aliphatic carbocycles. The zero-order chi connectivity index (χ0) is 18.9. The maximum Gasteiger partial charge on any atom is 0.333 e. The molecule has 2 rings (SSSR count). The van der Waals surface area contributed by atoms with Gasteiger partial charge in [-0.2, -0.15) is 0 Å². The molecule has 1 unspecified atom stereocenters. The van der Waals surface area contributed by atoms with Crippen molar-refractivity contribution in [1.82, 2.24) is 5.32 Å². The number of methoxy groups -OCH3 is 1. The van der Waals surface area contributed by atoms with Crippen molar-refractivity contribution < 1.29 is 19.1 Å². The van der Waals surface area contributed by atoms with E-state index >= 15 is 0 Å². The molecule has 0 saturated heterocycles. The van der Waals surface area contributed by atoms with Crippen molar-refractivity contribution in [3.63, 3.8) is 0 Å². The lowest BCUT2D eigenvalue weighted by Gasteiger charge is -2.15. The molecule has 0 bridgehead atoms. The molecular weight excluding hydrogens is 332 g/mol.